The van der Waals surface area contributed by atoms with E-state index in [2.05, 4.69) is 10.6 Å². The number of anilines is 2. The summed E-state index contributed by atoms with van der Waals surface area (Å²) in [6.07, 6.45) is 0.909. The third-order valence-corrected chi connectivity index (χ3v) is 8.66. The first kappa shape index (κ1) is 30.6. The Labute approximate surface area is 250 Å². The van der Waals surface area contributed by atoms with Crippen LogP contribution in [0.4, 0.5) is 28.9 Å². The van der Waals surface area contributed by atoms with E-state index in [1.54, 1.807) is 25.7 Å². The molecule has 2 atom stereocenters. The first-order valence-electron chi connectivity index (χ1n) is 14.9. The van der Waals surface area contributed by atoms with Gasteiger partial charge >= 0.3 is 6.18 Å². The molecule has 1 heterocycles. The van der Waals surface area contributed by atoms with Crippen LogP contribution < -0.4 is 16.1 Å². The Balaban J connectivity index is 1.49. The SMILES string of the molecule is Bc1cc(C)c(C(=O)N2CCC[C@H](C(=O)Nc3ccc(C)c(C(F)(F)F)c3)[C@@H]2c2ccc(NC3CCCC3)cc2)c(F)c1. The Hall–Kier alpha value is -3.82. The lowest BCUT2D eigenvalue weighted by atomic mass is 9.83. The fourth-order valence-corrected chi connectivity index (χ4v) is 6.56. The van der Waals surface area contributed by atoms with Crippen molar-refractivity contribution in [1.29, 1.82) is 0 Å². The second kappa shape index (κ2) is 12.4. The van der Waals surface area contributed by atoms with Gasteiger partial charge in [0, 0.05) is 24.0 Å². The highest BCUT2D eigenvalue weighted by atomic mass is 19.4. The lowest BCUT2D eigenvalue weighted by molar-refractivity contribution is -0.138. The van der Waals surface area contributed by atoms with Gasteiger partial charge in [-0.3, -0.25) is 9.59 Å². The van der Waals surface area contributed by atoms with E-state index in [4.69, 9.17) is 0 Å². The van der Waals surface area contributed by atoms with Crippen LogP contribution in [0.5, 0.6) is 0 Å². The highest BCUT2D eigenvalue weighted by Gasteiger charge is 2.41. The molecule has 1 saturated heterocycles. The molecular weight excluding hydrogens is 557 g/mol. The van der Waals surface area contributed by atoms with Crippen LogP contribution in [0.25, 0.3) is 0 Å². The maximum Gasteiger partial charge on any atom is 0.416 e. The molecule has 1 aliphatic heterocycles. The summed E-state index contributed by atoms with van der Waals surface area (Å²) in [5.41, 5.74) is 2.06. The number of piperidine rings is 1. The number of nitrogens with zero attached hydrogens (tertiary/aromatic N) is 1. The van der Waals surface area contributed by atoms with Crippen LogP contribution >= 0.6 is 0 Å². The average molecular weight is 593 g/mol. The van der Waals surface area contributed by atoms with Gasteiger partial charge in [0.25, 0.3) is 5.91 Å². The molecule has 1 saturated carbocycles. The van der Waals surface area contributed by atoms with Gasteiger partial charge < -0.3 is 15.5 Å². The smallest absolute Gasteiger partial charge is 0.382 e. The standard InChI is InChI=1S/C33H36BF4N3O2/c1-19-9-12-25(18-27(19)33(36,37)38)40-31(42)26-8-5-15-41(32(43)29-20(2)16-22(34)17-28(29)35)30(26)21-10-13-24(14-11-21)39-23-6-3-4-7-23/h9-14,16-18,23,26,30,39H,3-8,15,34H2,1-2H3,(H,40,42)/t26-,30-/m0/s1. The number of hydrogen-bond acceptors (Lipinski definition) is 3. The average Bonchev–Trinajstić information content (AvgIpc) is 3.46. The third-order valence-electron chi connectivity index (χ3n) is 8.66. The Kier molecular flexibility index (Phi) is 8.85. The number of carbonyl (C=O) groups is 2. The van der Waals surface area contributed by atoms with Crippen LogP contribution in [-0.4, -0.2) is 37.1 Å². The van der Waals surface area contributed by atoms with Crippen molar-refractivity contribution in [1.82, 2.24) is 4.90 Å². The Morgan fingerprint density at radius 2 is 1.56 bits per heavy atom. The molecule has 0 bridgehead atoms. The first-order valence-corrected chi connectivity index (χ1v) is 14.9. The van der Waals surface area contributed by atoms with Crippen LogP contribution in [0.3, 0.4) is 0 Å². The minimum atomic E-state index is -4.56. The van der Waals surface area contributed by atoms with E-state index in [0.29, 0.717) is 42.0 Å². The van der Waals surface area contributed by atoms with Crippen LogP contribution in [0, 0.1) is 25.6 Å². The van der Waals surface area contributed by atoms with E-state index < -0.39 is 41.3 Å². The summed E-state index contributed by atoms with van der Waals surface area (Å²) in [6.45, 7) is 3.36. The summed E-state index contributed by atoms with van der Waals surface area (Å²) >= 11 is 0. The predicted molar refractivity (Wildman–Crippen MR) is 163 cm³/mol. The summed E-state index contributed by atoms with van der Waals surface area (Å²) in [5, 5.41) is 6.22. The topological polar surface area (TPSA) is 61.4 Å². The molecule has 5 rings (SSSR count). The highest BCUT2D eigenvalue weighted by molar-refractivity contribution is 6.32. The number of aryl methyl sites for hydroxylation is 2. The molecule has 0 spiro atoms. The number of amides is 2. The number of likely N-dealkylation sites (tertiary alicyclic amines) is 1. The molecular formula is C33H36BF4N3O2. The minimum Gasteiger partial charge on any atom is -0.382 e. The van der Waals surface area contributed by atoms with E-state index in [0.717, 1.165) is 24.6 Å². The fraction of sp³-hybridized carbons (Fsp3) is 0.394. The quantitative estimate of drug-likeness (QED) is 0.260. The van der Waals surface area contributed by atoms with Crippen molar-refractivity contribution in [3.63, 3.8) is 0 Å². The molecule has 10 heteroatoms. The lowest BCUT2D eigenvalue weighted by Crippen LogP contribution is -2.47. The Morgan fingerprint density at radius 3 is 2.21 bits per heavy atom. The zero-order valence-electron chi connectivity index (χ0n) is 24.7. The maximum atomic E-state index is 15.2. The minimum absolute atomic E-state index is 0.0293. The van der Waals surface area contributed by atoms with Gasteiger partial charge in [-0.2, -0.15) is 13.2 Å². The number of rotatable bonds is 6. The Morgan fingerprint density at radius 1 is 0.884 bits per heavy atom. The largest absolute Gasteiger partial charge is 0.416 e. The lowest BCUT2D eigenvalue weighted by Gasteiger charge is -2.41. The molecule has 1 aliphatic carbocycles. The summed E-state index contributed by atoms with van der Waals surface area (Å²) < 4.78 is 55.9. The highest BCUT2D eigenvalue weighted by Crippen LogP contribution is 2.40. The Bertz CT molecular complexity index is 1480. The number of carbonyl (C=O) groups excluding carboxylic acids is 2. The van der Waals surface area contributed by atoms with Crippen LogP contribution in [0.1, 0.15) is 77.2 Å². The van der Waals surface area contributed by atoms with E-state index in [1.807, 2.05) is 24.3 Å². The molecule has 226 valence electrons. The summed E-state index contributed by atoms with van der Waals surface area (Å²) in [5.74, 6) is -2.40. The molecule has 3 aromatic rings. The molecule has 0 aromatic heterocycles. The monoisotopic (exact) mass is 593 g/mol. The van der Waals surface area contributed by atoms with Gasteiger partial charge in [-0.15, -0.1) is 0 Å². The zero-order valence-corrected chi connectivity index (χ0v) is 24.7. The van der Waals surface area contributed by atoms with Crippen LogP contribution in [0.2, 0.25) is 0 Å². The molecule has 2 N–H and O–H groups in total. The summed E-state index contributed by atoms with van der Waals surface area (Å²) in [6, 6.07) is 14.0. The number of halogens is 4. The molecule has 2 fully saturated rings. The van der Waals surface area contributed by atoms with E-state index in [-0.39, 0.29) is 16.8 Å². The van der Waals surface area contributed by atoms with Gasteiger partial charge in [-0.25, -0.2) is 4.39 Å². The van der Waals surface area contributed by atoms with Gasteiger partial charge in [-0.1, -0.05) is 42.6 Å². The van der Waals surface area contributed by atoms with E-state index in [1.165, 1.54) is 38.0 Å². The molecule has 2 amide bonds. The van der Waals surface area contributed by atoms with Crippen molar-refractivity contribution in [2.75, 3.05) is 17.2 Å². The number of alkyl halides is 3. The molecule has 43 heavy (non-hydrogen) atoms. The molecule has 0 radical (unpaired) electrons. The molecule has 5 nitrogen and oxygen atoms in total. The zero-order chi connectivity index (χ0) is 30.9. The van der Waals surface area contributed by atoms with Crippen molar-refractivity contribution in [2.45, 2.75) is 70.6 Å². The van der Waals surface area contributed by atoms with Crippen molar-refractivity contribution in [2.24, 2.45) is 5.92 Å². The molecule has 2 aliphatic rings. The third kappa shape index (κ3) is 6.73. The number of hydrogen-bond donors (Lipinski definition) is 2. The van der Waals surface area contributed by atoms with Gasteiger partial charge in [0.1, 0.15) is 13.7 Å². The molecule has 3 aromatic carbocycles. The predicted octanol–water partition coefficient (Wildman–Crippen LogP) is 6.31. The van der Waals surface area contributed by atoms with Crippen molar-refractivity contribution in [3.8, 4) is 0 Å². The van der Waals surface area contributed by atoms with E-state index >= 15 is 4.39 Å². The summed E-state index contributed by atoms with van der Waals surface area (Å²) in [4.78, 5) is 29.3. The van der Waals surface area contributed by atoms with E-state index in [9.17, 15) is 22.8 Å². The van der Waals surface area contributed by atoms with Crippen LogP contribution in [-0.2, 0) is 11.0 Å². The number of nitrogens with one attached hydrogen (secondary N) is 2. The summed E-state index contributed by atoms with van der Waals surface area (Å²) in [7, 11) is 1.75. The number of benzene rings is 3. The van der Waals surface area contributed by atoms with Gasteiger partial charge in [0.2, 0.25) is 5.91 Å². The first-order chi connectivity index (χ1) is 20.4. The van der Waals surface area contributed by atoms with Gasteiger partial charge in [-0.05, 0) is 86.6 Å². The van der Waals surface area contributed by atoms with Crippen molar-refractivity contribution in [3.05, 3.63) is 88.2 Å². The normalized spacial score (nSPS) is 19.3. The molecule has 0 unspecified atom stereocenters. The van der Waals surface area contributed by atoms with Gasteiger partial charge in [0.05, 0.1) is 23.1 Å². The van der Waals surface area contributed by atoms with Gasteiger partial charge in [0.15, 0.2) is 0 Å². The fourth-order valence-electron chi connectivity index (χ4n) is 6.56. The second-order valence-corrected chi connectivity index (χ2v) is 11.9. The maximum absolute atomic E-state index is 15.2. The van der Waals surface area contributed by atoms with Crippen molar-refractivity contribution < 1.29 is 27.2 Å². The van der Waals surface area contributed by atoms with Crippen molar-refractivity contribution >= 4 is 36.5 Å². The second-order valence-electron chi connectivity index (χ2n) is 11.9. The van der Waals surface area contributed by atoms with Crippen LogP contribution in [0.15, 0.2) is 54.6 Å².